The predicted molar refractivity (Wildman–Crippen MR) is 87.8 cm³/mol. The lowest BCUT2D eigenvalue weighted by atomic mass is 10.3. The molecule has 0 saturated heterocycles. The third kappa shape index (κ3) is 2.89. The number of aromatic nitrogens is 3. The first kappa shape index (κ1) is 16.5. The number of thiazole rings is 1. The van der Waals surface area contributed by atoms with Gasteiger partial charge in [0, 0.05) is 11.8 Å². The molecule has 0 spiro atoms. The fourth-order valence-electron chi connectivity index (χ4n) is 2.09. The molecule has 0 saturated carbocycles. The van der Waals surface area contributed by atoms with Gasteiger partial charge in [0.15, 0.2) is 0 Å². The Hall–Kier alpha value is -2.33. The number of hydrogen-bond acceptors (Lipinski definition) is 6. The second-order valence-electron chi connectivity index (χ2n) is 5.13. The fraction of sp³-hybridized carbons (Fsp3) is 0.214. The van der Waals surface area contributed by atoms with Crippen molar-refractivity contribution < 1.29 is 12.8 Å². The van der Waals surface area contributed by atoms with Crippen LogP contribution >= 0.6 is 11.3 Å². The zero-order valence-corrected chi connectivity index (χ0v) is 14.0. The monoisotopic (exact) mass is 369 g/mol. The van der Waals surface area contributed by atoms with E-state index in [1.165, 1.54) is 6.92 Å². The molecule has 1 N–H and O–H groups in total. The topological polar surface area (TPSA) is 102 Å². The minimum absolute atomic E-state index is 0.180. The molecule has 3 aromatic rings. The summed E-state index contributed by atoms with van der Waals surface area (Å²) in [6.07, 6.45) is 1.13. The molecule has 7 nitrogen and oxygen atoms in total. The molecular formula is C14H12FN3O4S2. The molecule has 2 aromatic heterocycles. The normalized spacial score (nSPS) is 13.2. The summed E-state index contributed by atoms with van der Waals surface area (Å²) >= 11 is 0.869. The number of hydrogen-bond donors (Lipinski definition) is 1. The van der Waals surface area contributed by atoms with Gasteiger partial charge in [-0.3, -0.25) is 14.3 Å². The Morgan fingerprint density at radius 2 is 2.04 bits per heavy atom. The first-order chi connectivity index (χ1) is 11.3. The number of H-pyrrole nitrogens is 1. The fourth-order valence-corrected chi connectivity index (χ4v) is 4.63. The van der Waals surface area contributed by atoms with Gasteiger partial charge in [-0.05, 0) is 19.1 Å². The van der Waals surface area contributed by atoms with Crippen LogP contribution in [0.1, 0.15) is 5.56 Å². The molecule has 3 rings (SSSR count). The third-order valence-corrected chi connectivity index (χ3v) is 6.56. The lowest BCUT2D eigenvalue weighted by Crippen LogP contribution is -2.34. The molecule has 0 fully saturated rings. The smallest absolute Gasteiger partial charge is 0.296 e. The number of halogens is 1. The van der Waals surface area contributed by atoms with Gasteiger partial charge in [0.25, 0.3) is 5.56 Å². The van der Waals surface area contributed by atoms with Crippen molar-refractivity contribution in [3.8, 4) is 0 Å². The summed E-state index contributed by atoms with van der Waals surface area (Å²) < 4.78 is 40.2. The molecule has 0 radical (unpaired) electrons. The summed E-state index contributed by atoms with van der Waals surface area (Å²) in [5, 5.41) is 0. The molecule has 0 aliphatic carbocycles. The van der Waals surface area contributed by atoms with Crippen molar-refractivity contribution in [2.75, 3.05) is 0 Å². The summed E-state index contributed by atoms with van der Waals surface area (Å²) in [7, 11) is -4.35. The Kier molecular flexibility index (Phi) is 4.10. The van der Waals surface area contributed by atoms with Crippen LogP contribution < -0.4 is 11.2 Å². The molecule has 0 bridgehead atoms. The van der Waals surface area contributed by atoms with Crippen LogP contribution in [-0.4, -0.2) is 28.5 Å². The van der Waals surface area contributed by atoms with Gasteiger partial charge in [-0.25, -0.2) is 22.6 Å². The van der Waals surface area contributed by atoms with E-state index in [0.717, 1.165) is 22.1 Å². The van der Waals surface area contributed by atoms with Crippen molar-refractivity contribution in [1.29, 1.82) is 0 Å². The lowest BCUT2D eigenvalue weighted by molar-refractivity contribution is 0.371. The van der Waals surface area contributed by atoms with Crippen LogP contribution in [-0.2, 0) is 16.4 Å². The highest BCUT2D eigenvalue weighted by Crippen LogP contribution is 2.28. The van der Waals surface area contributed by atoms with E-state index in [4.69, 9.17) is 0 Å². The second kappa shape index (κ2) is 5.95. The Morgan fingerprint density at radius 1 is 1.33 bits per heavy atom. The zero-order valence-electron chi connectivity index (χ0n) is 12.4. The molecule has 0 aliphatic heterocycles. The van der Waals surface area contributed by atoms with Crippen LogP contribution in [0.3, 0.4) is 0 Å². The largest absolute Gasteiger partial charge is 0.328 e. The maximum atomic E-state index is 14.4. The van der Waals surface area contributed by atoms with E-state index >= 15 is 0 Å². The highest BCUT2D eigenvalue weighted by molar-refractivity contribution is 7.93. The van der Waals surface area contributed by atoms with Gasteiger partial charge in [0.2, 0.25) is 19.7 Å². The number of nitrogens with zero attached hydrogens (tertiary/aromatic N) is 2. The lowest BCUT2D eigenvalue weighted by Gasteiger charge is -2.10. The molecule has 2 heterocycles. The van der Waals surface area contributed by atoms with Gasteiger partial charge in [0.05, 0.1) is 16.8 Å². The van der Waals surface area contributed by atoms with Crippen molar-refractivity contribution in [3.05, 3.63) is 56.9 Å². The highest BCUT2D eigenvalue weighted by atomic mass is 32.2. The summed E-state index contributed by atoms with van der Waals surface area (Å²) in [5.41, 5.74) is -3.18. The van der Waals surface area contributed by atoms with Crippen molar-refractivity contribution in [3.63, 3.8) is 0 Å². The minimum atomic E-state index is -4.35. The van der Waals surface area contributed by atoms with Crippen molar-refractivity contribution in [2.24, 2.45) is 0 Å². The Balaban J connectivity index is 1.96. The van der Waals surface area contributed by atoms with E-state index in [2.05, 4.69) is 4.98 Å². The van der Waals surface area contributed by atoms with E-state index in [-0.39, 0.29) is 9.90 Å². The molecule has 1 atom stereocenters. The number of sulfone groups is 1. The maximum Gasteiger partial charge on any atom is 0.328 e. The van der Waals surface area contributed by atoms with Crippen LogP contribution in [0, 0.1) is 6.92 Å². The van der Waals surface area contributed by atoms with Crippen molar-refractivity contribution >= 4 is 31.4 Å². The minimum Gasteiger partial charge on any atom is -0.296 e. The van der Waals surface area contributed by atoms with Crippen LogP contribution in [0.4, 0.5) is 4.39 Å². The molecule has 0 amide bonds. The number of nitrogens with one attached hydrogen (secondary N) is 1. The number of rotatable bonds is 4. The van der Waals surface area contributed by atoms with Gasteiger partial charge in [0.1, 0.15) is 0 Å². The summed E-state index contributed by atoms with van der Waals surface area (Å²) in [6, 6.07) is 6.75. The molecular weight excluding hydrogens is 357 g/mol. The van der Waals surface area contributed by atoms with E-state index in [1.807, 2.05) is 4.98 Å². The number of para-hydroxylation sites is 1. The standard InChI is InChI=1S/C14H12FN3O4S2/c1-8-6-18(13(20)17-12(8)19)7-11(15)24(21,22)14-16-9-4-2-3-5-10(9)23-14/h2-6,11H,7H2,1H3,(H,17,19,20). The van der Waals surface area contributed by atoms with Crippen molar-refractivity contribution in [1.82, 2.24) is 14.5 Å². The SMILES string of the molecule is Cc1cn(CC(F)S(=O)(=O)c2nc3ccccc3s2)c(=O)[nH]c1=O. The zero-order chi connectivity index (χ0) is 17.5. The third-order valence-electron chi connectivity index (χ3n) is 3.38. The van der Waals surface area contributed by atoms with Crippen LogP contribution in [0.2, 0.25) is 0 Å². The Labute approximate surface area is 139 Å². The number of benzene rings is 1. The van der Waals surface area contributed by atoms with Gasteiger partial charge in [-0.15, -0.1) is 11.3 Å². The highest BCUT2D eigenvalue weighted by Gasteiger charge is 2.31. The Morgan fingerprint density at radius 3 is 2.75 bits per heavy atom. The Bertz CT molecular complexity index is 1100. The van der Waals surface area contributed by atoms with Crippen molar-refractivity contribution in [2.45, 2.75) is 23.3 Å². The average Bonchev–Trinajstić information content (AvgIpc) is 2.97. The first-order valence-corrected chi connectivity index (χ1v) is 9.19. The van der Waals surface area contributed by atoms with Gasteiger partial charge in [-0.2, -0.15) is 0 Å². The van der Waals surface area contributed by atoms with Crippen LogP contribution in [0.15, 0.2) is 44.4 Å². The summed E-state index contributed by atoms with van der Waals surface area (Å²) in [4.78, 5) is 28.9. The number of aryl methyl sites for hydroxylation is 1. The van der Waals surface area contributed by atoms with Gasteiger partial charge >= 0.3 is 5.69 Å². The quantitative estimate of drug-likeness (QED) is 0.745. The first-order valence-electron chi connectivity index (χ1n) is 6.83. The summed E-state index contributed by atoms with van der Waals surface area (Å²) in [6.45, 7) is 0.707. The van der Waals surface area contributed by atoms with E-state index < -0.39 is 33.1 Å². The number of alkyl halides is 1. The van der Waals surface area contributed by atoms with Crippen LogP contribution in [0.5, 0.6) is 0 Å². The number of aromatic amines is 1. The van der Waals surface area contributed by atoms with Gasteiger partial charge in [-0.1, -0.05) is 12.1 Å². The molecule has 126 valence electrons. The predicted octanol–water partition coefficient (Wildman–Crippen LogP) is 1.22. The summed E-state index contributed by atoms with van der Waals surface area (Å²) in [5.74, 6) is 0. The average molecular weight is 369 g/mol. The van der Waals surface area contributed by atoms with Crippen LogP contribution in [0.25, 0.3) is 10.2 Å². The second-order valence-corrected chi connectivity index (χ2v) is 8.40. The van der Waals surface area contributed by atoms with E-state index in [1.54, 1.807) is 24.3 Å². The van der Waals surface area contributed by atoms with E-state index in [0.29, 0.717) is 10.2 Å². The van der Waals surface area contributed by atoms with E-state index in [9.17, 15) is 22.4 Å². The maximum absolute atomic E-state index is 14.4. The van der Waals surface area contributed by atoms with Gasteiger partial charge < -0.3 is 0 Å². The molecule has 24 heavy (non-hydrogen) atoms. The molecule has 0 aliphatic rings. The molecule has 1 unspecified atom stereocenters. The molecule has 1 aromatic carbocycles. The molecule has 10 heteroatoms. The number of fused-ring (bicyclic) bond motifs is 1.